The van der Waals surface area contributed by atoms with Gasteiger partial charge in [0.1, 0.15) is 17.3 Å². The molecule has 0 aliphatic carbocycles. The van der Waals surface area contributed by atoms with Crippen LogP contribution in [0.1, 0.15) is 40.1 Å². The fourth-order valence-corrected chi connectivity index (χ4v) is 3.22. The lowest BCUT2D eigenvalue weighted by Gasteiger charge is -2.25. The third-order valence-electron chi connectivity index (χ3n) is 3.71. The number of carbonyl (C=O) groups is 2. The highest BCUT2D eigenvalue weighted by Crippen LogP contribution is 2.20. The minimum Gasteiger partial charge on any atom is -0.337 e. The summed E-state index contributed by atoms with van der Waals surface area (Å²) in [6.07, 6.45) is 3.07. The van der Waals surface area contributed by atoms with Gasteiger partial charge < -0.3 is 4.90 Å². The van der Waals surface area contributed by atoms with Crippen LogP contribution in [0.3, 0.4) is 0 Å². The highest BCUT2D eigenvalue weighted by Gasteiger charge is 2.21. The molecule has 0 bridgehead atoms. The molecule has 0 atom stereocenters. The number of piperidine rings is 1. The molecular formula is C16H15F2N3O2S. The van der Waals surface area contributed by atoms with E-state index in [9.17, 15) is 18.4 Å². The zero-order valence-corrected chi connectivity index (χ0v) is 13.5. The maximum Gasteiger partial charge on any atom is 0.273 e. The van der Waals surface area contributed by atoms with E-state index >= 15 is 0 Å². The third-order valence-corrected chi connectivity index (χ3v) is 4.47. The molecule has 24 heavy (non-hydrogen) atoms. The molecule has 2 heterocycles. The summed E-state index contributed by atoms with van der Waals surface area (Å²) in [5.74, 6) is -2.51. The average Bonchev–Trinajstić information content (AvgIpc) is 3.02. The number of thiazole rings is 1. The Morgan fingerprint density at radius 1 is 1.08 bits per heavy atom. The van der Waals surface area contributed by atoms with Crippen molar-refractivity contribution in [3.05, 3.63) is 46.5 Å². The fourth-order valence-electron chi connectivity index (χ4n) is 2.54. The molecule has 5 nitrogen and oxygen atoms in total. The first-order chi connectivity index (χ1) is 11.5. The molecule has 2 aromatic rings. The average molecular weight is 351 g/mol. The van der Waals surface area contributed by atoms with Crippen LogP contribution in [0.25, 0.3) is 0 Å². The van der Waals surface area contributed by atoms with Crippen LogP contribution in [0.4, 0.5) is 13.9 Å². The summed E-state index contributed by atoms with van der Waals surface area (Å²) in [6.45, 7) is 1.42. The lowest BCUT2D eigenvalue weighted by molar-refractivity contribution is 0.0719. The van der Waals surface area contributed by atoms with Gasteiger partial charge in [-0.3, -0.25) is 14.9 Å². The number of nitrogens with zero attached hydrogens (tertiary/aromatic N) is 2. The van der Waals surface area contributed by atoms with Crippen LogP contribution in [0.15, 0.2) is 23.6 Å². The Bertz CT molecular complexity index is 752. The highest BCUT2D eigenvalue weighted by atomic mass is 32.1. The molecule has 1 saturated heterocycles. The van der Waals surface area contributed by atoms with Gasteiger partial charge in [-0.1, -0.05) is 0 Å². The molecule has 1 aromatic carbocycles. The number of benzene rings is 1. The Kier molecular flexibility index (Phi) is 4.84. The monoisotopic (exact) mass is 351 g/mol. The molecule has 0 saturated carbocycles. The molecule has 8 heteroatoms. The topological polar surface area (TPSA) is 62.3 Å². The molecule has 1 aliphatic heterocycles. The Labute approximate surface area is 141 Å². The maximum atomic E-state index is 13.2. The number of carbonyl (C=O) groups excluding carboxylic acids is 2. The standard InChI is InChI=1S/C16H15F2N3O2S/c17-11-6-10(7-12(18)8-11)14(22)20-16-19-13(9-24-16)15(23)21-4-2-1-3-5-21/h6-9H,1-5H2,(H,19,20,22). The quantitative estimate of drug-likeness (QED) is 0.923. The molecule has 3 rings (SSSR count). The van der Waals surface area contributed by atoms with E-state index in [-0.39, 0.29) is 22.3 Å². The first-order valence-corrected chi connectivity index (χ1v) is 8.43. The van der Waals surface area contributed by atoms with Crippen LogP contribution in [-0.2, 0) is 0 Å². The molecule has 1 aliphatic rings. The molecule has 1 N–H and O–H groups in total. The summed E-state index contributed by atoms with van der Waals surface area (Å²) in [5, 5.41) is 4.24. The normalized spacial score (nSPS) is 14.5. The second-order valence-electron chi connectivity index (χ2n) is 5.50. The summed E-state index contributed by atoms with van der Waals surface area (Å²) in [6, 6.07) is 2.56. The first kappa shape index (κ1) is 16.5. The Hall–Kier alpha value is -2.35. The van der Waals surface area contributed by atoms with E-state index in [2.05, 4.69) is 10.3 Å². The highest BCUT2D eigenvalue weighted by molar-refractivity contribution is 7.14. The predicted octanol–water partition coefficient (Wildman–Crippen LogP) is 3.30. The van der Waals surface area contributed by atoms with E-state index in [4.69, 9.17) is 0 Å². The summed E-state index contributed by atoms with van der Waals surface area (Å²) in [7, 11) is 0. The van der Waals surface area contributed by atoms with E-state index < -0.39 is 17.5 Å². The van der Waals surface area contributed by atoms with Gasteiger partial charge in [0, 0.05) is 30.1 Å². The van der Waals surface area contributed by atoms with Gasteiger partial charge in [-0.15, -0.1) is 11.3 Å². The van der Waals surface area contributed by atoms with Gasteiger partial charge in [-0.25, -0.2) is 13.8 Å². The number of hydrogen-bond acceptors (Lipinski definition) is 4. The van der Waals surface area contributed by atoms with Crippen molar-refractivity contribution in [2.45, 2.75) is 19.3 Å². The number of halogens is 2. The summed E-state index contributed by atoms with van der Waals surface area (Å²) in [5.41, 5.74) is 0.120. The number of rotatable bonds is 3. The van der Waals surface area contributed by atoms with Crippen molar-refractivity contribution in [3.63, 3.8) is 0 Å². The third kappa shape index (κ3) is 3.76. The van der Waals surface area contributed by atoms with Crippen LogP contribution < -0.4 is 5.32 Å². The van der Waals surface area contributed by atoms with E-state index in [0.717, 1.165) is 42.7 Å². The second-order valence-corrected chi connectivity index (χ2v) is 6.36. The molecule has 0 spiro atoms. The van der Waals surface area contributed by atoms with Crippen molar-refractivity contribution >= 4 is 28.3 Å². The Morgan fingerprint density at radius 3 is 2.42 bits per heavy atom. The Morgan fingerprint density at radius 2 is 1.75 bits per heavy atom. The van der Waals surface area contributed by atoms with Gasteiger partial charge in [-0.05, 0) is 31.4 Å². The predicted molar refractivity (Wildman–Crippen MR) is 86.2 cm³/mol. The van der Waals surface area contributed by atoms with Crippen molar-refractivity contribution in [2.24, 2.45) is 0 Å². The number of anilines is 1. The zero-order chi connectivity index (χ0) is 17.1. The van der Waals surface area contributed by atoms with Gasteiger partial charge >= 0.3 is 0 Å². The summed E-state index contributed by atoms with van der Waals surface area (Å²) >= 11 is 1.10. The van der Waals surface area contributed by atoms with Crippen LogP contribution in [-0.4, -0.2) is 34.8 Å². The summed E-state index contributed by atoms with van der Waals surface area (Å²) in [4.78, 5) is 30.2. The van der Waals surface area contributed by atoms with Crippen LogP contribution in [0, 0.1) is 11.6 Å². The first-order valence-electron chi connectivity index (χ1n) is 7.55. The van der Waals surface area contributed by atoms with E-state index in [1.54, 1.807) is 10.3 Å². The van der Waals surface area contributed by atoms with Crippen molar-refractivity contribution < 1.29 is 18.4 Å². The smallest absolute Gasteiger partial charge is 0.273 e. The zero-order valence-electron chi connectivity index (χ0n) is 12.7. The van der Waals surface area contributed by atoms with Crippen molar-refractivity contribution in [3.8, 4) is 0 Å². The molecule has 2 amide bonds. The number of amides is 2. The van der Waals surface area contributed by atoms with Gasteiger partial charge in [-0.2, -0.15) is 0 Å². The Balaban J connectivity index is 1.69. The number of aromatic nitrogens is 1. The molecule has 0 unspecified atom stereocenters. The van der Waals surface area contributed by atoms with Crippen LogP contribution in [0.2, 0.25) is 0 Å². The minimum absolute atomic E-state index is 0.147. The minimum atomic E-state index is -0.833. The SMILES string of the molecule is O=C(Nc1nc(C(=O)N2CCCCC2)cs1)c1cc(F)cc(F)c1. The maximum absolute atomic E-state index is 13.2. The van der Waals surface area contributed by atoms with Gasteiger partial charge in [0.2, 0.25) is 0 Å². The van der Waals surface area contributed by atoms with E-state index in [0.29, 0.717) is 19.2 Å². The molecule has 126 valence electrons. The van der Waals surface area contributed by atoms with Crippen molar-refractivity contribution in [1.29, 1.82) is 0 Å². The number of hydrogen-bond donors (Lipinski definition) is 1. The molecule has 1 fully saturated rings. The second kappa shape index (κ2) is 7.04. The lowest BCUT2D eigenvalue weighted by atomic mass is 10.1. The van der Waals surface area contributed by atoms with Crippen LogP contribution >= 0.6 is 11.3 Å². The number of likely N-dealkylation sites (tertiary alicyclic amines) is 1. The van der Waals surface area contributed by atoms with Crippen molar-refractivity contribution in [2.75, 3.05) is 18.4 Å². The fraction of sp³-hybridized carbons (Fsp3) is 0.312. The molecular weight excluding hydrogens is 336 g/mol. The van der Waals surface area contributed by atoms with Crippen LogP contribution in [0.5, 0.6) is 0 Å². The number of nitrogens with one attached hydrogen (secondary N) is 1. The molecule has 1 aromatic heterocycles. The van der Waals surface area contributed by atoms with Gasteiger partial charge in [0.15, 0.2) is 5.13 Å². The lowest BCUT2D eigenvalue weighted by Crippen LogP contribution is -2.35. The van der Waals surface area contributed by atoms with E-state index in [1.165, 1.54) is 0 Å². The largest absolute Gasteiger partial charge is 0.337 e. The van der Waals surface area contributed by atoms with Crippen molar-refractivity contribution in [1.82, 2.24) is 9.88 Å². The van der Waals surface area contributed by atoms with Gasteiger partial charge in [0.25, 0.3) is 11.8 Å². The summed E-state index contributed by atoms with van der Waals surface area (Å²) < 4.78 is 26.3. The van der Waals surface area contributed by atoms with Gasteiger partial charge in [0.05, 0.1) is 0 Å². The van der Waals surface area contributed by atoms with E-state index in [1.807, 2.05) is 0 Å². The molecule has 0 radical (unpaired) electrons.